The summed E-state index contributed by atoms with van der Waals surface area (Å²) in [7, 11) is 1.51. The fraction of sp³-hybridized carbons (Fsp3) is 0.423. The first kappa shape index (κ1) is 22.1. The van der Waals surface area contributed by atoms with Crippen molar-refractivity contribution < 1.29 is 19.2 Å². The van der Waals surface area contributed by atoms with Crippen molar-refractivity contribution in [2.75, 3.05) is 13.7 Å². The van der Waals surface area contributed by atoms with E-state index >= 15 is 0 Å². The minimum absolute atomic E-state index is 0.0555. The zero-order chi connectivity index (χ0) is 22.3. The number of carbonyl (C=O) groups is 2. The third kappa shape index (κ3) is 5.36. The van der Waals surface area contributed by atoms with E-state index in [4.69, 9.17) is 9.57 Å². The van der Waals surface area contributed by atoms with E-state index in [-0.39, 0.29) is 24.0 Å². The second-order valence-electron chi connectivity index (χ2n) is 8.51. The van der Waals surface area contributed by atoms with Gasteiger partial charge in [0.2, 0.25) is 0 Å². The number of nitrogens with zero attached hydrogens (tertiary/aromatic N) is 2. The molecule has 2 aromatic carbocycles. The van der Waals surface area contributed by atoms with Crippen molar-refractivity contribution in [2.24, 2.45) is 5.16 Å². The summed E-state index contributed by atoms with van der Waals surface area (Å²) < 4.78 is 5.58. The van der Waals surface area contributed by atoms with Crippen LogP contribution in [0.5, 0.6) is 0 Å². The summed E-state index contributed by atoms with van der Waals surface area (Å²) in [5, 5.41) is 4.07. The van der Waals surface area contributed by atoms with E-state index in [0.29, 0.717) is 31.4 Å². The highest BCUT2D eigenvalue weighted by Gasteiger charge is 2.34. The number of oxime groups is 1. The first-order valence-electron chi connectivity index (χ1n) is 11.4. The first-order valence-corrected chi connectivity index (χ1v) is 11.4. The quantitative estimate of drug-likeness (QED) is 0.462. The van der Waals surface area contributed by atoms with Crippen LogP contribution in [0.4, 0.5) is 0 Å². The van der Waals surface area contributed by atoms with Gasteiger partial charge in [-0.15, -0.1) is 0 Å². The van der Waals surface area contributed by atoms with E-state index in [1.165, 1.54) is 7.11 Å². The molecule has 1 heterocycles. The molecular formula is C26H30N2O4. The van der Waals surface area contributed by atoms with E-state index in [0.717, 1.165) is 42.5 Å². The molecule has 2 aromatic rings. The Balaban J connectivity index is 1.42. The number of likely N-dealkylation sites (tertiary alicyclic amines) is 1. The maximum atomic E-state index is 13.3. The Kier molecular flexibility index (Phi) is 7.20. The summed E-state index contributed by atoms with van der Waals surface area (Å²) in [6.45, 7) is 0.412. The lowest BCUT2D eigenvalue weighted by Crippen LogP contribution is -2.36. The highest BCUT2D eigenvalue weighted by atomic mass is 16.6. The van der Waals surface area contributed by atoms with Gasteiger partial charge in [-0.2, -0.15) is 0 Å². The molecule has 0 bridgehead atoms. The summed E-state index contributed by atoms with van der Waals surface area (Å²) in [6.07, 6.45) is 5.72. The zero-order valence-electron chi connectivity index (χ0n) is 18.5. The van der Waals surface area contributed by atoms with Gasteiger partial charge in [0.1, 0.15) is 13.2 Å². The van der Waals surface area contributed by atoms with Crippen LogP contribution in [0, 0.1) is 0 Å². The number of amides is 1. The molecule has 4 rings (SSSR count). The number of rotatable bonds is 7. The van der Waals surface area contributed by atoms with Gasteiger partial charge >= 0.3 is 5.97 Å². The van der Waals surface area contributed by atoms with Gasteiger partial charge in [-0.25, -0.2) is 0 Å². The van der Waals surface area contributed by atoms with Gasteiger partial charge in [0.05, 0.1) is 12.3 Å². The van der Waals surface area contributed by atoms with Gasteiger partial charge < -0.3 is 14.5 Å². The van der Waals surface area contributed by atoms with E-state index < -0.39 is 0 Å². The third-order valence-corrected chi connectivity index (χ3v) is 6.27. The molecule has 0 aromatic heterocycles. The Hall–Kier alpha value is -3.15. The van der Waals surface area contributed by atoms with Crippen molar-refractivity contribution in [3.8, 4) is 11.1 Å². The summed E-state index contributed by atoms with van der Waals surface area (Å²) in [5.74, 6) is -0.228. The summed E-state index contributed by atoms with van der Waals surface area (Å²) in [5.41, 5.74) is 3.62. The molecule has 168 valence electrons. The van der Waals surface area contributed by atoms with Crippen LogP contribution in [0.3, 0.4) is 0 Å². The van der Waals surface area contributed by atoms with Crippen molar-refractivity contribution in [1.29, 1.82) is 0 Å². The molecule has 6 heteroatoms. The Morgan fingerprint density at radius 1 is 1.00 bits per heavy atom. The minimum atomic E-state index is -0.173. The monoisotopic (exact) mass is 434 g/mol. The summed E-state index contributed by atoms with van der Waals surface area (Å²) in [6, 6.07) is 17.6. The molecular weight excluding hydrogens is 404 g/mol. The van der Waals surface area contributed by atoms with Gasteiger partial charge in [-0.05, 0) is 55.4 Å². The molecule has 0 radical (unpaired) electrons. The fourth-order valence-electron chi connectivity index (χ4n) is 4.60. The standard InChI is InChI=1S/C26H30N2O4/c1-31-27-22-17-23(15-16-25(29)32-24-9-5-6-10-24)28(18-22)26(30)21-13-11-20(12-14-21)19-7-3-2-4-8-19/h2-4,7-8,11-14,23-24H,5-6,9-10,15-18H2,1H3/b27-22-. The van der Waals surface area contributed by atoms with Gasteiger partial charge in [0, 0.05) is 24.4 Å². The van der Waals surface area contributed by atoms with Crippen molar-refractivity contribution in [3.63, 3.8) is 0 Å². The van der Waals surface area contributed by atoms with Crippen molar-refractivity contribution in [2.45, 2.75) is 57.1 Å². The molecule has 0 N–H and O–H groups in total. The van der Waals surface area contributed by atoms with Crippen LogP contribution < -0.4 is 0 Å². The average molecular weight is 435 g/mol. The highest BCUT2D eigenvalue weighted by molar-refractivity contribution is 6.00. The normalized spacial score (nSPS) is 20.0. The maximum Gasteiger partial charge on any atom is 0.306 e. The smallest absolute Gasteiger partial charge is 0.306 e. The minimum Gasteiger partial charge on any atom is -0.462 e. The molecule has 1 atom stereocenters. The molecule has 2 aliphatic rings. The van der Waals surface area contributed by atoms with Crippen LogP contribution in [0.25, 0.3) is 11.1 Å². The van der Waals surface area contributed by atoms with Crippen LogP contribution in [-0.4, -0.2) is 48.3 Å². The van der Waals surface area contributed by atoms with E-state index in [9.17, 15) is 9.59 Å². The van der Waals surface area contributed by atoms with Gasteiger partial charge in [0.25, 0.3) is 5.91 Å². The van der Waals surface area contributed by atoms with E-state index in [1.807, 2.05) is 54.6 Å². The molecule has 1 unspecified atom stereocenters. The lowest BCUT2D eigenvalue weighted by atomic mass is 10.0. The molecule has 32 heavy (non-hydrogen) atoms. The van der Waals surface area contributed by atoms with E-state index in [2.05, 4.69) is 5.16 Å². The molecule has 6 nitrogen and oxygen atoms in total. The summed E-state index contributed by atoms with van der Waals surface area (Å²) in [4.78, 5) is 32.3. The van der Waals surface area contributed by atoms with Crippen LogP contribution in [-0.2, 0) is 14.4 Å². The second-order valence-corrected chi connectivity index (χ2v) is 8.51. The predicted molar refractivity (Wildman–Crippen MR) is 123 cm³/mol. The van der Waals surface area contributed by atoms with Gasteiger partial charge in [0.15, 0.2) is 0 Å². The van der Waals surface area contributed by atoms with Crippen molar-refractivity contribution >= 4 is 17.6 Å². The predicted octanol–water partition coefficient (Wildman–Crippen LogP) is 4.84. The van der Waals surface area contributed by atoms with Crippen molar-refractivity contribution in [3.05, 3.63) is 60.2 Å². The van der Waals surface area contributed by atoms with Gasteiger partial charge in [-0.1, -0.05) is 47.6 Å². The molecule has 1 aliphatic carbocycles. The first-order chi connectivity index (χ1) is 15.6. The van der Waals surface area contributed by atoms with E-state index in [1.54, 1.807) is 4.90 Å². The molecule has 0 spiro atoms. The second kappa shape index (κ2) is 10.4. The number of carbonyl (C=O) groups excluding carboxylic acids is 2. The average Bonchev–Trinajstić information content (AvgIpc) is 3.48. The number of hydrogen-bond acceptors (Lipinski definition) is 5. The van der Waals surface area contributed by atoms with Crippen LogP contribution in [0.2, 0.25) is 0 Å². The largest absolute Gasteiger partial charge is 0.462 e. The number of hydrogen-bond donors (Lipinski definition) is 0. The molecule has 1 saturated heterocycles. The molecule has 1 saturated carbocycles. The van der Waals surface area contributed by atoms with Crippen LogP contribution >= 0.6 is 0 Å². The number of benzene rings is 2. The fourth-order valence-corrected chi connectivity index (χ4v) is 4.60. The Morgan fingerprint density at radius 2 is 1.69 bits per heavy atom. The molecule has 1 aliphatic heterocycles. The Bertz CT molecular complexity index is 950. The third-order valence-electron chi connectivity index (χ3n) is 6.27. The highest BCUT2D eigenvalue weighted by Crippen LogP contribution is 2.26. The SMILES string of the molecule is CO/N=C1/CC(CCC(=O)OC2CCCC2)N(C(=O)c2ccc(-c3ccccc3)cc2)C1. The lowest BCUT2D eigenvalue weighted by Gasteiger charge is -2.24. The van der Waals surface area contributed by atoms with Crippen LogP contribution in [0.15, 0.2) is 59.8 Å². The Morgan fingerprint density at radius 3 is 2.38 bits per heavy atom. The summed E-state index contributed by atoms with van der Waals surface area (Å²) >= 11 is 0. The number of ether oxygens (including phenoxy) is 1. The molecule has 2 fully saturated rings. The maximum absolute atomic E-state index is 13.3. The zero-order valence-corrected chi connectivity index (χ0v) is 18.5. The van der Waals surface area contributed by atoms with Crippen molar-refractivity contribution in [1.82, 2.24) is 4.90 Å². The molecule has 1 amide bonds. The topological polar surface area (TPSA) is 68.2 Å². The van der Waals surface area contributed by atoms with Crippen LogP contribution in [0.1, 0.15) is 55.3 Å². The Labute approximate surface area is 189 Å². The lowest BCUT2D eigenvalue weighted by molar-refractivity contribution is -0.149. The number of esters is 1. The van der Waals surface area contributed by atoms with Gasteiger partial charge in [-0.3, -0.25) is 9.59 Å².